The van der Waals surface area contributed by atoms with Crippen LogP contribution in [0.4, 0.5) is 10.5 Å². The van der Waals surface area contributed by atoms with Crippen LogP contribution < -0.4 is 10.2 Å². The summed E-state index contributed by atoms with van der Waals surface area (Å²) in [6, 6.07) is 5.98. The fourth-order valence-electron chi connectivity index (χ4n) is 2.70. The molecule has 3 rings (SSSR count). The third-order valence-electron chi connectivity index (χ3n) is 3.97. The van der Waals surface area contributed by atoms with Crippen LogP contribution in [0.15, 0.2) is 24.3 Å². The van der Waals surface area contributed by atoms with E-state index in [4.69, 9.17) is 4.74 Å². The summed E-state index contributed by atoms with van der Waals surface area (Å²) in [7, 11) is 0. The number of hydrogen-bond donors (Lipinski definition) is 1. The molecule has 1 aromatic rings. The summed E-state index contributed by atoms with van der Waals surface area (Å²) in [6.07, 6.45) is 1.37. The van der Waals surface area contributed by atoms with E-state index >= 15 is 0 Å². The van der Waals surface area contributed by atoms with Gasteiger partial charge in [0.15, 0.2) is 6.61 Å². The number of ether oxygens (including phenoxy) is 1. The van der Waals surface area contributed by atoms with E-state index in [0.29, 0.717) is 19.5 Å². The van der Waals surface area contributed by atoms with Crippen LogP contribution in [0.2, 0.25) is 0 Å². The molecule has 0 saturated carbocycles. The fourth-order valence-corrected chi connectivity index (χ4v) is 2.70. The minimum Gasteiger partial charge on any atom is -0.452 e. The van der Waals surface area contributed by atoms with Crippen LogP contribution in [0.1, 0.15) is 23.2 Å². The molecule has 2 heterocycles. The van der Waals surface area contributed by atoms with Gasteiger partial charge in [-0.05, 0) is 30.7 Å². The quantitative estimate of drug-likeness (QED) is 0.812. The highest BCUT2D eigenvalue weighted by Crippen LogP contribution is 2.21. The zero-order chi connectivity index (χ0) is 17.1. The summed E-state index contributed by atoms with van der Waals surface area (Å²) < 4.78 is 4.95. The fraction of sp³-hybridized carbons (Fsp3) is 0.375. The minimum absolute atomic E-state index is 0.0693. The minimum atomic E-state index is -0.651. The SMILES string of the molecule is O=C(OCC(=O)N1CCNC1=O)c1ccc(N2CCCC2=O)cc1. The van der Waals surface area contributed by atoms with Crippen molar-refractivity contribution in [2.45, 2.75) is 12.8 Å². The molecule has 2 fully saturated rings. The molecule has 2 saturated heterocycles. The van der Waals surface area contributed by atoms with E-state index in [2.05, 4.69) is 5.32 Å². The standard InChI is InChI=1S/C16H17N3O5/c20-13-2-1-8-18(13)12-5-3-11(4-6-12)15(22)24-10-14(21)19-9-7-17-16(19)23/h3-6H,1-2,7-10H2,(H,17,23). The number of rotatable bonds is 4. The van der Waals surface area contributed by atoms with Crippen LogP contribution >= 0.6 is 0 Å². The second kappa shape index (κ2) is 6.69. The topological polar surface area (TPSA) is 96.0 Å². The number of carbonyl (C=O) groups is 4. The first kappa shape index (κ1) is 16.0. The zero-order valence-corrected chi connectivity index (χ0v) is 13.0. The van der Waals surface area contributed by atoms with Gasteiger partial charge < -0.3 is 15.0 Å². The molecule has 126 valence electrons. The summed E-state index contributed by atoms with van der Waals surface area (Å²) in [4.78, 5) is 49.5. The van der Waals surface area contributed by atoms with Crippen LogP contribution in [0.25, 0.3) is 0 Å². The molecule has 0 atom stereocenters. The largest absolute Gasteiger partial charge is 0.452 e. The van der Waals surface area contributed by atoms with Crippen molar-refractivity contribution in [2.24, 2.45) is 0 Å². The van der Waals surface area contributed by atoms with Crippen molar-refractivity contribution >= 4 is 29.5 Å². The van der Waals surface area contributed by atoms with Crippen molar-refractivity contribution < 1.29 is 23.9 Å². The Bertz CT molecular complexity index is 685. The maximum Gasteiger partial charge on any atom is 0.338 e. The third kappa shape index (κ3) is 3.22. The Morgan fingerprint density at radius 2 is 1.88 bits per heavy atom. The van der Waals surface area contributed by atoms with E-state index in [-0.39, 0.29) is 18.0 Å². The molecule has 0 spiro atoms. The number of hydrogen-bond acceptors (Lipinski definition) is 5. The molecule has 0 aliphatic carbocycles. The van der Waals surface area contributed by atoms with E-state index in [1.54, 1.807) is 29.2 Å². The van der Waals surface area contributed by atoms with Crippen LogP contribution in [0.5, 0.6) is 0 Å². The number of urea groups is 1. The van der Waals surface area contributed by atoms with Gasteiger partial charge in [-0.15, -0.1) is 0 Å². The first-order valence-corrected chi connectivity index (χ1v) is 7.72. The Labute approximate surface area is 138 Å². The van der Waals surface area contributed by atoms with E-state index in [0.717, 1.165) is 17.0 Å². The highest BCUT2D eigenvalue weighted by Gasteiger charge is 2.27. The number of carbonyl (C=O) groups excluding carboxylic acids is 4. The number of anilines is 1. The van der Waals surface area contributed by atoms with Crippen molar-refractivity contribution in [3.8, 4) is 0 Å². The summed E-state index contributed by atoms with van der Waals surface area (Å²) in [5.74, 6) is -1.14. The first-order valence-electron chi connectivity index (χ1n) is 7.72. The molecule has 24 heavy (non-hydrogen) atoms. The normalized spacial score (nSPS) is 17.2. The van der Waals surface area contributed by atoms with Crippen molar-refractivity contribution in [3.05, 3.63) is 29.8 Å². The zero-order valence-electron chi connectivity index (χ0n) is 13.0. The van der Waals surface area contributed by atoms with Gasteiger partial charge in [-0.2, -0.15) is 0 Å². The predicted octanol–water partition coefficient (Wildman–Crippen LogP) is 0.522. The van der Waals surface area contributed by atoms with Crippen LogP contribution in [-0.2, 0) is 14.3 Å². The summed E-state index contributed by atoms with van der Waals surface area (Å²) in [5.41, 5.74) is 1.02. The Kier molecular flexibility index (Phi) is 4.45. The number of amides is 4. The monoisotopic (exact) mass is 331 g/mol. The molecular formula is C16H17N3O5. The number of imide groups is 1. The molecule has 8 heteroatoms. The molecule has 2 aliphatic heterocycles. The maximum absolute atomic E-state index is 12.0. The molecule has 8 nitrogen and oxygen atoms in total. The summed E-state index contributed by atoms with van der Waals surface area (Å²) in [6.45, 7) is 0.858. The number of benzene rings is 1. The van der Waals surface area contributed by atoms with Gasteiger partial charge in [-0.1, -0.05) is 0 Å². The molecular weight excluding hydrogens is 314 g/mol. The van der Waals surface area contributed by atoms with E-state index in [1.165, 1.54) is 0 Å². The summed E-state index contributed by atoms with van der Waals surface area (Å²) >= 11 is 0. The van der Waals surface area contributed by atoms with Gasteiger partial charge >= 0.3 is 12.0 Å². The average Bonchev–Trinajstić information content (AvgIpc) is 3.20. The molecule has 0 bridgehead atoms. The third-order valence-corrected chi connectivity index (χ3v) is 3.97. The lowest BCUT2D eigenvalue weighted by Gasteiger charge is -2.16. The highest BCUT2D eigenvalue weighted by molar-refractivity contribution is 5.98. The average molecular weight is 331 g/mol. The molecule has 4 amide bonds. The van der Waals surface area contributed by atoms with E-state index in [1.807, 2.05) is 0 Å². The molecule has 0 aromatic heterocycles. The Hall–Kier alpha value is -2.90. The van der Waals surface area contributed by atoms with Crippen LogP contribution in [0.3, 0.4) is 0 Å². The van der Waals surface area contributed by atoms with Crippen molar-refractivity contribution in [3.63, 3.8) is 0 Å². The number of nitrogens with zero attached hydrogens (tertiary/aromatic N) is 2. The van der Waals surface area contributed by atoms with E-state index < -0.39 is 24.5 Å². The number of esters is 1. The van der Waals surface area contributed by atoms with Gasteiger partial charge in [0.25, 0.3) is 5.91 Å². The molecule has 1 N–H and O–H groups in total. The first-order chi connectivity index (χ1) is 11.6. The van der Waals surface area contributed by atoms with Crippen LogP contribution in [-0.4, -0.2) is 55.0 Å². The second-order valence-corrected chi connectivity index (χ2v) is 5.55. The molecule has 0 radical (unpaired) electrons. The Morgan fingerprint density at radius 1 is 1.12 bits per heavy atom. The van der Waals surface area contributed by atoms with Gasteiger partial charge in [0.1, 0.15) is 0 Å². The van der Waals surface area contributed by atoms with Gasteiger partial charge in [0, 0.05) is 31.7 Å². The highest BCUT2D eigenvalue weighted by atomic mass is 16.5. The van der Waals surface area contributed by atoms with Gasteiger partial charge in [-0.3, -0.25) is 14.5 Å². The van der Waals surface area contributed by atoms with Crippen molar-refractivity contribution in [2.75, 3.05) is 31.1 Å². The summed E-state index contributed by atoms with van der Waals surface area (Å²) in [5, 5.41) is 2.50. The lowest BCUT2D eigenvalue weighted by molar-refractivity contribution is -0.130. The smallest absolute Gasteiger partial charge is 0.338 e. The molecule has 2 aliphatic rings. The number of nitrogens with one attached hydrogen (secondary N) is 1. The van der Waals surface area contributed by atoms with Crippen molar-refractivity contribution in [1.82, 2.24) is 10.2 Å². The molecule has 0 unspecified atom stereocenters. The second-order valence-electron chi connectivity index (χ2n) is 5.55. The van der Waals surface area contributed by atoms with Crippen molar-refractivity contribution in [1.29, 1.82) is 0 Å². The Morgan fingerprint density at radius 3 is 2.46 bits per heavy atom. The lowest BCUT2D eigenvalue weighted by atomic mass is 10.2. The van der Waals surface area contributed by atoms with Gasteiger partial charge in [0.05, 0.1) is 5.56 Å². The van der Waals surface area contributed by atoms with E-state index in [9.17, 15) is 19.2 Å². The predicted molar refractivity (Wildman–Crippen MR) is 83.4 cm³/mol. The lowest BCUT2D eigenvalue weighted by Crippen LogP contribution is -2.37. The molecule has 1 aromatic carbocycles. The van der Waals surface area contributed by atoms with Gasteiger partial charge in [0.2, 0.25) is 5.91 Å². The van der Waals surface area contributed by atoms with Gasteiger partial charge in [-0.25, -0.2) is 9.59 Å². The Balaban J connectivity index is 1.56. The van der Waals surface area contributed by atoms with Crippen LogP contribution in [0, 0.1) is 0 Å². The maximum atomic E-state index is 12.0.